The molecule has 3 aromatic carbocycles. The fraction of sp³-hybridized carbons (Fsp3) is 0.333. The van der Waals surface area contributed by atoms with E-state index in [0.717, 1.165) is 53.9 Å². The van der Waals surface area contributed by atoms with Gasteiger partial charge >= 0.3 is 0 Å². The number of rotatable bonds is 14. The highest BCUT2D eigenvalue weighted by Crippen LogP contribution is 2.33. The number of benzene rings is 3. The molecular weight excluding hydrogens is 526 g/mol. The van der Waals surface area contributed by atoms with Crippen molar-refractivity contribution in [1.29, 1.82) is 0 Å². The van der Waals surface area contributed by atoms with Gasteiger partial charge in [-0.15, -0.1) is 0 Å². The molecule has 212 valence electrons. The van der Waals surface area contributed by atoms with E-state index in [0.29, 0.717) is 36.1 Å². The average molecular weight is 564 g/mol. The SMILES string of the molecule is COc1cc2nc(-c3ccc(OCc4ccccc4)cc3)nc(N)c2cc1NCCCCN(C)CCS(C)(=O)=O. The number of hydrogen-bond acceptors (Lipinski definition) is 9. The van der Waals surface area contributed by atoms with E-state index in [1.54, 1.807) is 7.11 Å². The molecule has 0 fully saturated rings. The summed E-state index contributed by atoms with van der Waals surface area (Å²) in [6, 6.07) is 21.5. The Labute approximate surface area is 236 Å². The van der Waals surface area contributed by atoms with E-state index >= 15 is 0 Å². The van der Waals surface area contributed by atoms with Gasteiger partial charge in [-0.25, -0.2) is 18.4 Å². The summed E-state index contributed by atoms with van der Waals surface area (Å²) in [4.78, 5) is 11.4. The van der Waals surface area contributed by atoms with Crippen molar-refractivity contribution in [3.05, 3.63) is 72.3 Å². The number of fused-ring (bicyclic) bond motifs is 1. The number of nitrogens with zero attached hydrogens (tertiary/aromatic N) is 3. The zero-order valence-corrected chi connectivity index (χ0v) is 24.1. The lowest BCUT2D eigenvalue weighted by Gasteiger charge is -2.16. The summed E-state index contributed by atoms with van der Waals surface area (Å²) >= 11 is 0. The summed E-state index contributed by atoms with van der Waals surface area (Å²) < 4.78 is 34.2. The standard InChI is InChI=1S/C30H37N5O4S/c1-35(17-18-40(3,36)37)16-8-7-15-32-27-19-25-26(20-28(27)38-2)33-30(34-29(25)31)23-11-13-24(14-12-23)39-21-22-9-5-4-6-10-22/h4-6,9-14,19-20,32H,7-8,15-18,21H2,1-3H3,(H2,31,33,34). The molecule has 0 aliphatic rings. The minimum absolute atomic E-state index is 0.176. The number of ether oxygens (including phenoxy) is 2. The zero-order valence-electron chi connectivity index (χ0n) is 23.3. The number of nitrogen functional groups attached to an aromatic ring is 1. The summed E-state index contributed by atoms with van der Waals surface area (Å²) in [6.07, 6.45) is 3.12. The van der Waals surface area contributed by atoms with E-state index in [1.165, 1.54) is 6.26 Å². The van der Waals surface area contributed by atoms with Crippen molar-refractivity contribution in [3.63, 3.8) is 0 Å². The molecule has 10 heteroatoms. The number of methoxy groups -OCH3 is 1. The van der Waals surface area contributed by atoms with Gasteiger partial charge in [0, 0.05) is 36.4 Å². The van der Waals surface area contributed by atoms with Crippen molar-refractivity contribution in [1.82, 2.24) is 14.9 Å². The van der Waals surface area contributed by atoms with Crippen LogP contribution in [0.5, 0.6) is 11.5 Å². The monoisotopic (exact) mass is 563 g/mol. The number of nitrogens with two attached hydrogens (primary N) is 1. The predicted molar refractivity (Wildman–Crippen MR) is 162 cm³/mol. The average Bonchev–Trinajstić information content (AvgIpc) is 2.95. The van der Waals surface area contributed by atoms with Crippen molar-refractivity contribution in [2.75, 3.05) is 56.9 Å². The Kier molecular flexibility index (Phi) is 9.79. The van der Waals surface area contributed by atoms with Crippen LogP contribution in [0.3, 0.4) is 0 Å². The highest BCUT2D eigenvalue weighted by molar-refractivity contribution is 7.90. The first-order valence-corrected chi connectivity index (χ1v) is 15.3. The number of hydrogen-bond donors (Lipinski definition) is 2. The summed E-state index contributed by atoms with van der Waals surface area (Å²) in [6.45, 7) is 2.60. The van der Waals surface area contributed by atoms with E-state index in [9.17, 15) is 8.42 Å². The van der Waals surface area contributed by atoms with Gasteiger partial charge in [0.25, 0.3) is 0 Å². The van der Waals surface area contributed by atoms with Crippen LogP contribution in [-0.4, -0.2) is 69.1 Å². The lowest BCUT2D eigenvalue weighted by Crippen LogP contribution is -2.26. The van der Waals surface area contributed by atoms with Crippen LogP contribution in [0.15, 0.2) is 66.7 Å². The molecule has 0 radical (unpaired) electrons. The Hall–Kier alpha value is -3.89. The van der Waals surface area contributed by atoms with Crippen LogP contribution in [0, 0.1) is 0 Å². The van der Waals surface area contributed by atoms with E-state index in [2.05, 4.69) is 10.3 Å². The highest BCUT2D eigenvalue weighted by Gasteiger charge is 2.13. The van der Waals surface area contributed by atoms with E-state index in [-0.39, 0.29) is 5.75 Å². The van der Waals surface area contributed by atoms with Crippen LogP contribution in [-0.2, 0) is 16.4 Å². The van der Waals surface area contributed by atoms with Gasteiger partial charge in [0.1, 0.15) is 33.8 Å². The maximum absolute atomic E-state index is 11.3. The molecule has 0 amide bonds. The Morgan fingerprint density at radius 2 is 1.73 bits per heavy atom. The second-order valence-corrected chi connectivity index (χ2v) is 12.1. The first kappa shape index (κ1) is 29.1. The summed E-state index contributed by atoms with van der Waals surface area (Å²) in [7, 11) is 0.624. The first-order valence-electron chi connectivity index (χ1n) is 13.2. The summed E-state index contributed by atoms with van der Waals surface area (Å²) in [5.74, 6) is 2.53. The largest absolute Gasteiger partial charge is 0.495 e. The second kappa shape index (κ2) is 13.5. The minimum atomic E-state index is -2.94. The molecule has 0 atom stereocenters. The maximum atomic E-state index is 11.3. The van der Waals surface area contributed by atoms with Crippen LogP contribution < -0.4 is 20.5 Å². The molecule has 0 unspecified atom stereocenters. The van der Waals surface area contributed by atoms with Crippen LogP contribution in [0.1, 0.15) is 18.4 Å². The number of unbranched alkanes of at least 4 members (excludes halogenated alkanes) is 1. The first-order chi connectivity index (χ1) is 19.2. The molecule has 0 saturated carbocycles. The predicted octanol–water partition coefficient (Wildman–Crippen LogP) is 4.64. The zero-order chi connectivity index (χ0) is 28.5. The van der Waals surface area contributed by atoms with Crippen molar-refractivity contribution in [3.8, 4) is 22.9 Å². The van der Waals surface area contributed by atoms with Crippen LogP contribution in [0.25, 0.3) is 22.3 Å². The van der Waals surface area contributed by atoms with E-state index < -0.39 is 9.84 Å². The third-order valence-electron chi connectivity index (χ3n) is 6.53. The van der Waals surface area contributed by atoms with Crippen molar-refractivity contribution in [2.45, 2.75) is 19.4 Å². The molecule has 0 bridgehead atoms. The topological polar surface area (TPSA) is 120 Å². The molecule has 3 N–H and O–H groups in total. The quantitative estimate of drug-likeness (QED) is 0.212. The maximum Gasteiger partial charge on any atom is 0.162 e. The minimum Gasteiger partial charge on any atom is -0.495 e. The van der Waals surface area contributed by atoms with Crippen molar-refractivity contribution in [2.24, 2.45) is 0 Å². The normalized spacial score (nSPS) is 11.6. The Morgan fingerprint density at radius 1 is 0.975 bits per heavy atom. The summed E-state index contributed by atoms with van der Waals surface area (Å²) in [5.41, 5.74) is 9.83. The molecular formula is C30H37N5O4S. The number of aromatic nitrogens is 2. The van der Waals surface area contributed by atoms with Crippen LogP contribution in [0.4, 0.5) is 11.5 Å². The Balaban J connectivity index is 1.38. The smallest absolute Gasteiger partial charge is 0.162 e. The number of nitrogens with one attached hydrogen (secondary N) is 1. The van der Waals surface area contributed by atoms with Crippen LogP contribution in [0.2, 0.25) is 0 Å². The molecule has 0 saturated heterocycles. The molecule has 40 heavy (non-hydrogen) atoms. The van der Waals surface area contributed by atoms with Gasteiger partial charge < -0.3 is 25.4 Å². The van der Waals surface area contributed by atoms with Gasteiger partial charge in [-0.2, -0.15) is 0 Å². The lowest BCUT2D eigenvalue weighted by molar-refractivity contribution is 0.306. The van der Waals surface area contributed by atoms with Gasteiger partial charge in [-0.3, -0.25) is 0 Å². The Morgan fingerprint density at radius 3 is 2.42 bits per heavy atom. The van der Waals surface area contributed by atoms with Crippen LogP contribution >= 0.6 is 0 Å². The number of anilines is 2. The third kappa shape index (κ3) is 8.30. The van der Waals surface area contributed by atoms with E-state index in [1.807, 2.05) is 78.7 Å². The highest BCUT2D eigenvalue weighted by atomic mass is 32.2. The van der Waals surface area contributed by atoms with Gasteiger partial charge in [-0.1, -0.05) is 30.3 Å². The van der Waals surface area contributed by atoms with Crippen molar-refractivity contribution < 1.29 is 17.9 Å². The van der Waals surface area contributed by atoms with Gasteiger partial charge in [-0.05, 0) is 62.3 Å². The molecule has 9 nitrogen and oxygen atoms in total. The fourth-order valence-corrected chi connectivity index (χ4v) is 4.86. The van der Waals surface area contributed by atoms with Gasteiger partial charge in [0.15, 0.2) is 5.82 Å². The fourth-order valence-electron chi connectivity index (χ4n) is 4.22. The van der Waals surface area contributed by atoms with E-state index in [4.69, 9.17) is 20.2 Å². The van der Waals surface area contributed by atoms with Gasteiger partial charge in [0.2, 0.25) is 0 Å². The molecule has 1 aromatic heterocycles. The second-order valence-electron chi connectivity index (χ2n) is 9.87. The molecule has 4 aromatic rings. The molecule has 0 aliphatic carbocycles. The third-order valence-corrected chi connectivity index (χ3v) is 7.46. The van der Waals surface area contributed by atoms with Crippen molar-refractivity contribution >= 4 is 32.2 Å². The molecule has 4 rings (SSSR count). The Bertz CT molecular complexity index is 1510. The van der Waals surface area contributed by atoms with Gasteiger partial charge in [0.05, 0.1) is 24.1 Å². The lowest BCUT2D eigenvalue weighted by atomic mass is 10.1. The summed E-state index contributed by atoms with van der Waals surface area (Å²) in [5, 5.41) is 4.17. The number of sulfone groups is 1. The molecule has 0 spiro atoms. The molecule has 0 aliphatic heterocycles. The molecule has 1 heterocycles.